The molecule has 0 fully saturated rings. The van der Waals surface area contributed by atoms with Gasteiger partial charge in [0.25, 0.3) is 0 Å². The summed E-state index contributed by atoms with van der Waals surface area (Å²) < 4.78 is 11.8. The van der Waals surface area contributed by atoms with Crippen LogP contribution in [0.3, 0.4) is 0 Å². The van der Waals surface area contributed by atoms with Gasteiger partial charge in [0.05, 0.1) is 11.9 Å². The molecular weight excluding hydrogens is 366 g/mol. The van der Waals surface area contributed by atoms with Crippen LogP contribution in [-0.4, -0.2) is 46.3 Å². The van der Waals surface area contributed by atoms with E-state index in [9.17, 15) is 4.79 Å². The van der Waals surface area contributed by atoms with Gasteiger partial charge >= 0.3 is 0 Å². The summed E-state index contributed by atoms with van der Waals surface area (Å²) in [4.78, 5) is 12.0. The maximum atomic E-state index is 12.0. The molecule has 2 aromatic rings. The number of nitrogens with zero attached hydrogens (tertiary/aromatic N) is 3. The summed E-state index contributed by atoms with van der Waals surface area (Å²) in [6.45, 7) is 2.84. The molecule has 0 radical (unpaired) electrons. The second kappa shape index (κ2) is 9.50. The zero-order chi connectivity index (χ0) is 18.2. The summed E-state index contributed by atoms with van der Waals surface area (Å²) in [5.41, 5.74) is 0. The van der Waals surface area contributed by atoms with E-state index in [1.165, 1.54) is 16.4 Å². The van der Waals surface area contributed by atoms with Gasteiger partial charge in [-0.05, 0) is 31.2 Å². The third kappa shape index (κ3) is 5.80. The van der Waals surface area contributed by atoms with Crippen molar-refractivity contribution in [3.63, 3.8) is 0 Å². The standard InChI is InChI=1S/C15H20ClN5O3S/c1-10(14(22)18-7-8-23-2)25-15-20-19-13(21(15)17)9-24-12-5-3-11(16)4-6-12/h3-6,10H,7-9,17H2,1-2H3,(H,18,22)/t10-/m0/s1. The minimum absolute atomic E-state index is 0.121. The van der Waals surface area contributed by atoms with Gasteiger partial charge in [-0.25, -0.2) is 4.68 Å². The third-order valence-electron chi connectivity index (χ3n) is 3.17. The van der Waals surface area contributed by atoms with Crippen LogP contribution in [0.1, 0.15) is 12.7 Å². The normalized spacial score (nSPS) is 12.0. The van der Waals surface area contributed by atoms with E-state index in [1.54, 1.807) is 38.3 Å². The van der Waals surface area contributed by atoms with Crippen LogP contribution in [0, 0.1) is 0 Å². The molecule has 0 saturated carbocycles. The average Bonchev–Trinajstić information content (AvgIpc) is 2.94. The van der Waals surface area contributed by atoms with Crippen molar-refractivity contribution in [3.05, 3.63) is 35.1 Å². The predicted octanol–water partition coefficient (Wildman–Crippen LogP) is 1.47. The Morgan fingerprint density at radius 1 is 1.40 bits per heavy atom. The van der Waals surface area contributed by atoms with Crippen LogP contribution in [0.25, 0.3) is 0 Å². The molecule has 0 bridgehead atoms. The Balaban J connectivity index is 1.89. The van der Waals surface area contributed by atoms with E-state index in [0.717, 1.165) is 0 Å². The molecule has 8 nitrogen and oxygen atoms in total. The maximum Gasteiger partial charge on any atom is 0.233 e. The Hall–Kier alpha value is -1.97. The number of nitrogens with one attached hydrogen (secondary N) is 1. The number of thioether (sulfide) groups is 1. The number of aromatic nitrogens is 3. The van der Waals surface area contributed by atoms with Crippen LogP contribution in [0.15, 0.2) is 29.4 Å². The molecule has 1 aromatic heterocycles. The highest BCUT2D eigenvalue weighted by molar-refractivity contribution is 8.00. The Bertz CT molecular complexity index is 695. The monoisotopic (exact) mass is 385 g/mol. The molecule has 25 heavy (non-hydrogen) atoms. The molecule has 0 aliphatic heterocycles. The quantitative estimate of drug-likeness (QED) is 0.382. The lowest BCUT2D eigenvalue weighted by atomic mass is 10.3. The smallest absolute Gasteiger partial charge is 0.233 e. The summed E-state index contributed by atoms with van der Waals surface area (Å²) in [5, 5.41) is 11.5. The molecule has 136 valence electrons. The van der Waals surface area contributed by atoms with Crippen molar-refractivity contribution < 1.29 is 14.3 Å². The van der Waals surface area contributed by atoms with Crippen molar-refractivity contribution in [1.29, 1.82) is 0 Å². The highest BCUT2D eigenvalue weighted by atomic mass is 35.5. The van der Waals surface area contributed by atoms with E-state index in [-0.39, 0.29) is 17.8 Å². The van der Waals surface area contributed by atoms with Gasteiger partial charge in [0.1, 0.15) is 12.4 Å². The van der Waals surface area contributed by atoms with Crippen molar-refractivity contribution in [3.8, 4) is 5.75 Å². The van der Waals surface area contributed by atoms with Crippen LogP contribution in [0.5, 0.6) is 5.75 Å². The second-order valence-corrected chi connectivity index (χ2v) is 6.80. The number of halogens is 1. The van der Waals surface area contributed by atoms with Gasteiger partial charge in [0.15, 0.2) is 5.82 Å². The largest absolute Gasteiger partial charge is 0.486 e. The van der Waals surface area contributed by atoms with Gasteiger partial charge in [0, 0.05) is 18.7 Å². The molecule has 1 aromatic carbocycles. The summed E-state index contributed by atoms with van der Waals surface area (Å²) in [7, 11) is 1.58. The number of benzene rings is 1. The number of carbonyl (C=O) groups is 1. The van der Waals surface area contributed by atoms with E-state index in [2.05, 4.69) is 15.5 Å². The SMILES string of the molecule is COCCNC(=O)[C@H](C)Sc1nnc(COc2ccc(Cl)cc2)n1N. The number of hydrogen-bond acceptors (Lipinski definition) is 7. The molecule has 3 N–H and O–H groups in total. The highest BCUT2D eigenvalue weighted by Crippen LogP contribution is 2.21. The number of carbonyl (C=O) groups excluding carboxylic acids is 1. The van der Waals surface area contributed by atoms with Crippen LogP contribution in [0.4, 0.5) is 0 Å². The maximum absolute atomic E-state index is 12.0. The first kappa shape index (κ1) is 19.4. The lowest BCUT2D eigenvalue weighted by Gasteiger charge is -2.11. The van der Waals surface area contributed by atoms with Crippen LogP contribution in [-0.2, 0) is 16.1 Å². The van der Waals surface area contributed by atoms with Crippen LogP contribution < -0.4 is 15.9 Å². The second-order valence-electron chi connectivity index (χ2n) is 5.06. The lowest BCUT2D eigenvalue weighted by Crippen LogP contribution is -2.33. The first-order valence-electron chi connectivity index (χ1n) is 7.52. The molecule has 0 spiro atoms. The number of hydrogen-bond donors (Lipinski definition) is 2. The van der Waals surface area contributed by atoms with Gasteiger partial charge in [-0.1, -0.05) is 23.4 Å². The van der Waals surface area contributed by atoms with Gasteiger partial charge in [-0.2, -0.15) is 0 Å². The number of rotatable bonds is 9. The van der Waals surface area contributed by atoms with E-state index in [4.69, 9.17) is 26.9 Å². The molecule has 0 unspecified atom stereocenters. The van der Waals surface area contributed by atoms with Gasteiger partial charge in [-0.15, -0.1) is 10.2 Å². The van der Waals surface area contributed by atoms with Crippen LogP contribution in [0.2, 0.25) is 5.02 Å². The first-order chi connectivity index (χ1) is 12.0. The lowest BCUT2D eigenvalue weighted by molar-refractivity contribution is -0.120. The van der Waals surface area contributed by atoms with Crippen molar-refractivity contribution in [2.24, 2.45) is 0 Å². The fourth-order valence-electron chi connectivity index (χ4n) is 1.80. The molecular formula is C15H20ClN5O3S. The summed E-state index contributed by atoms with van der Waals surface area (Å²) >= 11 is 7.05. The van der Waals surface area contributed by atoms with E-state index < -0.39 is 0 Å². The number of amides is 1. The predicted molar refractivity (Wildman–Crippen MR) is 96.2 cm³/mol. The summed E-state index contributed by atoms with van der Waals surface area (Å²) in [5.74, 6) is 6.95. The van der Waals surface area contributed by atoms with Crippen LogP contribution >= 0.6 is 23.4 Å². The number of ether oxygens (including phenoxy) is 2. The third-order valence-corrected chi connectivity index (χ3v) is 4.48. The fraction of sp³-hybridized carbons (Fsp3) is 0.400. The highest BCUT2D eigenvalue weighted by Gasteiger charge is 2.19. The van der Waals surface area contributed by atoms with Crippen molar-refractivity contribution in [1.82, 2.24) is 20.2 Å². The zero-order valence-electron chi connectivity index (χ0n) is 13.9. The molecule has 2 rings (SSSR count). The number of methoxy groups -OCH3 is 1. The van der Waals surface area contributed by atoms with E-state index >= 15 is 0 Å². The molecule has 10 heteroatoms. The molecule has 1 atom stereocenters. The zero-order valence-corrected chi connectivity index (χ0v) is 15.5. The Morgan fingerprint density at radius 2 is 2.12 bits per heavy atom. The minimum atomic E-state index is -0.367. The first-order valence-corrected chi connectivity index (χ1v) is 8.78. The van der Waals surface area contributed by atoms with Gasteiger partial charge in [-0.3, -0.25) is 4.79 Å². The van der Waals surface area contributed by atoms with E-state index in [1.807, 2.05) is 0 Å². The minimum Gasteiger partial charge on any atom is -0.486 e. The number of nitrogens with two attached hydrogens (primary N) is 1. The van der Waals surface area contributed by atoms with Crippen molar-refractivity contribution in [2.75, 3.05) is 26.1 Å². The number of nitrogen functional groups attached to an aromatic ring is 1. The topological polar surface area (TPSA) is 104 Å². The Labute approximate surface area is 155 Å². The van der Waals surface area contributed by atoms with Gasteiger partial charge < -0.3 is 20.6 Å². The molecule has 1 amide bonds. The molecule has 0 aliphatic carbocycles. The van der Waals surface area contributed by atoms with Crippen molar-refractivity contribution >= 4 is 29.3 Å². The van der Waals surface area contributed by atoms with E-state index in [0.29, 0.717) is 34.9 Å². The van der Waals surface area contributed by atoms with Crippen molar-refractivity contribution in [2.45, 2.75) is 23.9 Å². The summed E-state index contributed by atoms with van der Waals surface area (Å²) in [6.07, 6.45) is 0. The Morgan fingerprint density at radius 3 is 2.80 bits per heavy atom. The summed E-state index contributed by atoms with van der Waals surface area (Å²) in [6, 6.07) is 6.97. The molecule has 0 aliphatic rings. The molecule has 1 heterocycles. The average molecular weight is 386 g/mol. The fourth-order valence-corrected chi connectivity index (χ4v) is 2.74. The van der Waals surface area contributed by atoms with Gasteiger partial charge in [0.2, 0.25) is 11.1 Å². The Kier molecular flexibility index (Phi) is 7.35. The molecule has 0 saturated heterocycles.